The number of benzene rings is 3. The van der Waals surface area contributed by atoms with Gasteiger partial charge in [0.15, 0.2) is 4.80 Å². The monoisotopic (exact) mass is 463 g/mol. The number of carbonyl (C=O) groups is 1. The highest BCUT2D eigenvalue weighted by Crippen LogP contribution is 2.23. The van der Waals surface area contributed by atoms with Gasteiger partial charge in [0.2, 0.25) is 10.0 Å². The van der Waals surface area contributed by atoms with E-state index in [1.807, 2.05) is 30.3 Å². The van der Waals surface area contributed by atoms with Crippen LogP contribution >= 0.6 is 11.3 Å². The molecular formula is C23H17N3O4S2. The first kappa shape index (κ1) is 21.5. The van der Waals surface area contributed by atoms with E-state index in [-0.39, 0.29) is 11.4 Å². The maximum atomic E-state index is 12.9. The Labute approximate surface area is 188 Å². The Morgan fingerprint density at radius 3 is 2.53 bits per heavy atom. The molecule has 2 N–H and O–H groups in total. The Balaban J connectivity index is 1.73. The fourth-order valence-electron chi connectivity index (χ4n) is 3.03. The second kappa shape index (κ2) is 8.80. The zero-order chi connectivity index (χ0) is 22.7. The summed E-state index contributed by atoms with van der Waals surface area (Å²) in [6, 6.07) is 20.4. The molecule has 0 unspecified atom stereocenters. The SMILES string of the molecule is C#CCn1c(=NC(=O)c2cccc(Oc3ccccc3)c2)sc2cc(S(N)(=O)=O)ccc21. The van der Waals surface area contributed by atoms with Crippen molar-refractivity contribution in [3.8, 4) is 23.8 Å². The average molecular weight is 464 g/mol. The summed E-state index contributed by atoms with van der Waals surface area (Å²) < 4.78 is 31.4. The van der Waals surface area contributed by atoms with Gasteiger partial charge in [-0.05, 0) is 48.5 Å². The third-order valence-electron chi connectivity index (χ3n) is 4.49. The van der Waals surface area contributed by atoms with E-state index in [0.717, 1.165) is 11.3 Å². The number of aromatic nitrogens is 1. The van der Waals surface area contributed by atoms with Crippen LogP contribution in [0.4, 0.5) is 0 Å². The predicted octanol–water partition coefficient (Wildman–Crippen LogP) is 3.52. The van der Waals surface area contributed by atoms with Gasteiger partial charge in [0.25, 0.3) is 5.91 Å². The quantitative estimate of drug-likeness (QED) is 0.457. The molecule has 7 nitrogen and oxygen atoms in total. The lowest BCUT2D eigenvalue weighted by atomic mass is 10.2. The molecule has 9 heteroatoms. The molecule has 0 saturated carbocycles. The Kier molecular flexibility index (Phi) is 5.92. The number of nitrogens with two attached hydrogens (primary N) is 1. The fourth-order valence-corrected chi connectivity index (χ4v) is 4.71. The smallest absolute Gasteiger partial charge is 0.279 e. The van der Waals surface area contributed by atoms with Crippen molar-refractivity contribution in [3.63, 3.8) is 0 Å². The molecule has 0 aliphatic carbocycles. The molecule has 1 heterocycles. The molecule has 0 radical (unpaired) electrons. The summed E-state index contributed by atoms with van der Waals surface area (Å²) in [6.07, 6.45) is 5.49. The first-order valence-corrected chi connectivity index (χ1v) is 11.7. The highest BCUT2D eigenvalue weighted by molar-refractivity contribution is 7.89. The van der Waals surface area contributed by atoms with Gasteiger partial charge in [0.05, 0.1) is 21.7 Å². The van der Waals surface area contributed by atoms with Gasteiger partial charge in [-0.2, -0.15) is 4.99 Å². The van der Waals surface area contributed by atoms with Crippen LogP contribution in [0.5, 0.6) is 11.5 Å². The fraction of sp³-hybridized carbons (Fsp3) is 0.0435. The van der Waals surface area contributed by atoms with Gasteiger partial charge >= 0.3 is 0 Å². The molecule has 0 aliphatic heterocycles. The number of ether oxygens (including phenoxy) is 1. The van der Waals surface area contributed by atoms with Gasteiger partial charge in [-0.3, -0.25) is 4.79 Å². The van der Waals surface area contributed by atoms with Crippen molar-refractivity contribution >= 4 is 37.5 Å². The van der Waals surface area contributed by atoms with E-state index in [9.17, 15) is 13.2 Å². The Bertz CT molecular complexity index is 1530. The van der Waals surface area contributed by atoms with Gasteiger partial charge < -0.3 is 9.30 Å². The van der Waals surface area contributed by atoms with E-state index in [0.29, 0.717) is 32.1 Å². The van der Waals surface area contributed by atoms with Crippen molar-refractivity contribution in [2.75, 3.05) is 0 Å². The predicted molar refractivity (Wildman–Crippen MR) is 123 cm³/mol. The number of fused-ring (bicyclic) bond motifs is 1. The van der Waals surface area contributed by atoms with Crippen molar-refractivity contribution in [2.24, 2.45) is 10.1 Å². The molecule has 3 aromatic carbocycles. The molecule has 0 fully saturated rings. The topological polar surface area (TPSA) is 104 Å². The Morgan fingerprint density at radius 1 is 1.06 bits per heavy atom. The van der Waals surface area contributed by atoms with Crippen LogP contribution in [-0.2, 0) is 16.6 Å². The third kappa shape index (κ3) is 4.63. The number of hydrogen-bond acceptors (Lipinski definition) is 5. The lowest BCUT2D eigenvalue weighted by Gasteiger charge is -2.06. The van der Waals surface area contributed by atoms with E-state index in [2.05, 4.69) is 10.9 Å². The second-order valence-corrected chi connectivity index (χ2v) is 9.28. The second-order valence-electron chi connectivity index (χ2n) is 6.71. The maximum absolute atomic E-state index is 12.9. The van der Waals surface area contributed by atoms with Crippen LogP contribution in [0.2, 0.25) is 0 Å². The summed E-state index contributed by atoms with van der Waals surface area (Å²) in [5.74, 6) is 3.20. The molecule has 0 bridgehead atoms. The van der Waals surface area contributed by atoms with E-state index < -0.39 is 15.9 Å². The van der Waals surface area contributed by atoms with Crippen LogP contribution in [0, 0.1) is 12.3 Å². The highest BCUT2D eigenvalue weighted by Gasteiger charge is 2.13. The number of thiazole rings is 1. The van der Waals surface area contributed by atoms with Crippen molar-refractivity contribution in [2.45, 2.75) is 11.4 Å². The van der Waals surface area contributed by atoms with Gasteiger partial charge in [0, 0.05) is 5.56 Å². The van der Waals surface area contributed by atoms with Crippen molar-refractivity contribution < 1.29 is 17.9 Å². The molecule has 0 spiro atoms. The van der Waals surface area contributed by atoms with Gasteiger partial charge in [-0.15, -0.1) is 6.42 Å². The van der Waals surface area contributed by atoms with E-state index in [4.69, 9.17) is 16.3 Å². The first-order chi connectivity index (χ1) is 15.3. The number of amides is 1. The molecule has 1 aromatic heterocycles. The minimum Gasteiger partial charge on any atom is -0.457 e. The summed E-state index contributed by atoms with van der Waals surface area (Å²) in [5, 5.41) is 5.23. The molecule has 4 aromatic rings. The standard InChI is InChI=1S/C23H17N3O4S2/c1-2-13-26-20-12-11-19(32(24,28)29)15-21(20)31-23(26)25-22(27)16-7-6-10-18(14-16)30-17-8-4-3-5-9-17/h1,3-12,14-15H,13H2,(H2,24,28,29). The zero-order valence-electron chi connectivity index (χ0n) is 16.6. The zero-order valence-corrected chi connectivity index (χ0v) is 18.3. The maximum Gasteiger partial charge on any atom is 0.279 e. The lowest BCUT2D eigenvalue weighted by Crippen LogP contribution is -2.16. The van der Waals surface area contributed by atoms with Crippen LogP contribution in [0.1, 0.15) is 10.4 Å². The number of carbonyl (C=O) groups excluding carboxylic acids is 1. The van der Waals surface area contributed by atoms with Crippen LogP contribution in [-0.4, -0.2) is 18.9 Å². The van der Waals surface area contributed by atoms with Crippen molar-refractivity contribution in [1.82, 2.24) is 4.57 Å². The minimum atomic E-state index is -3.86. The summed E-state index contributed by atoms with van der Waals surface area (Å²) in [6.45, 7) is 0.165. The summed E-state index contributed by atoms with van der Waals surface area (Å²) in [5.41, 5.74) is 1.00. The number of nitrogens with zero attached hydrogens (tertiary/aromatic N) is 2. The first-order valence-electron chi connectivity index (χ1n) is 9.37. The van der Waals surface area contributed by atoms with E-state index in [1.165, 1.54) is 12.1 Å². The molecule has 0 atom stereocenters. The van der Waals surface area contributed by atoms with Gasteiger partial charge in [-0.1, -0.05) is 41.5 Å². The minimum absolute atomic E-state index is 0.0252. The van der Waals surface area contributed by atoms with Crippen LogP contribution in [0.25, 0.3) is 10.2 Å². The molecule has 4 rings (SSSR count). The van der Waals surface area contributed by atoms with Crippen molar-refractivity contribution in [3.05, 3.63) is 83.2 Å². The number of rotatable bonds is 5. The number of terminal acetylenes is 1. The third-order valence-corrected chi connectivity index (χ3v) is 6.44. The summed E-state index contributed by atoms with van der Waals surface area (Å²) in [4.78, 5) is 17.4. The molecular weight excluding hydrogens is 446 g/mol. The summed E-state index contributed by atoms with van der Waals surface area (Å²) >= 11 is 1.15. The molecule has 0 aliphatic rings. The highest BCUT2D eigenvalue weighted by atomic mass is 32.2. The number of hydrogen-bond donors (Lipinski definition) is 1. The number of primary sulfonamides is 1. The number of sulfonamides is 1. The molecule has 1 amide bonds. The molecule has 32 heavy (non-hydrogen) atoms. The normalized spacial score (nSPS) is 11.9. The van der Waals surface area contributed by atoms with E-state index >= 15 is 0 Å². The lowest BCUT2D eigenvalue weighted by molar-refractivity contribution is 0.0997. The van der Waals surface area contributed by atoms with Crippen LogP contribution in [0.3, 0.4) is 0 Å². The molecule has 160 valence electrons. The largest absolute Gasteiger partial charge is 0.457 e. The Hall–Kier alpha value is -3.71. The van der Waals surface area contributed by atoms with Gasteiger partial charge in [-0.25, -0.2) is 13.6 Å². The molecule has 0 saturated heterocycles. The number of para-hydroxylation sites is 1. The van der Waals surface area contributed by atoms with Gasteiger partial charge in [0.1, 0.15) is 11.5 Å². The Morgan fingerprint density at radius 2 is 1.81 bits per heavy atom. The average Bonchev–Trinajstić information content (AvgIpc) is 3.10. The summed E-state index contributed by atoms with van der Waals surface area (Å²) in [7, 11) is -3.86. The van der Waals surface area contributed by atoms with Crippen LogP contribution in [0.15, 0.2) is 82.7 Å². The van der Waals surface area contributed by atoms with Crippen LogP contribution < -0.4 is 14.7 Å². The van der Waals surface area contributed by atoms with E-state index in [1.54, 1.807) is 34.9 Å². The van der Waals surface area contributed by atoms with Crippen molar-refractivity contribution in [1.29, 1.82) is 0 Å².